The van der Waals surface area contributed by atoms with Crippen molar-refractivity contribution in [3.63, 3.8) is 0 Å². The molecule has 1 radical (unpaired) electrons. The van der Waals surface area contributed by atoms with Crippen LogP contribution in [-0.4, -0.2) is 16.4 Å². The molecule has 6 heteroatoms. The molecule has 45 heavy (non-hydrogen) atoms. The zero-order valence-electron chi connectivity index (χ0n) is 29.9. The molecule has 0 aliphatic carbocycles. The van der Waals surface area contributed by atoms with E-state index in [1.165, 1.54) is 33.4 Å². The summed E-state index contributed by atoms with van der Waals surface area (Å²) in [5.41, 5.74) is 13.9. The van der Waals surface area contributed by atoms with E-state index >= 15 is 0 Å². The fraction of sp³-hybridized carbons (Fsp3) is 0.513. The maximum Gasteiger partial charge on any atom is 2.00 e. The first kappa shape index (κ1) is 43.0. The van der Waals surface area contributed by atoms with E-state index in [-0.39, 0.29) is 41.6 Å². The molecule has 0 bridgehead atoms. The van der Waals surface area contributed by atoms with Crippen LogP contribution in [0.1, 0.15) is 177 Å². The van der Waals surface area contributed by atoms with Gasteiger partial charge in [0.1, 0.15) is 0 Å². The third-order valence-electron chi connectivity index (χ3n) is 8.25. The molecule has 249 valence electrons. The zero-order chi connectivity index (χ0) is 31.5. The van der Waals surface area contributed by atoms with Gasteiger partial charge in [-0.1, -0.05) is 113 Å². The second-order valence-electron chi connectivity index (χ2n) is 13.8. The quantitative estimate of drug-likeness (QED) is 0.236. The Morgan fingerprint density at radius 2 is 0.756 bits per heavy atom. The molecule has 0 saturated heterocycles. The Kier molecular flexibility index (Phi) is 17.6. The first-order chi connectivity index (χ1) is 19.6. The van der Waals surface area contributed by atoms with Crippen molar-refractivity contribution in [1.29, 1.82) is 0 Å². The van der Waals surface area contributed by atoms with E-state index in [0.717, 1.165) is 34.2 Å². The first-order valence-electron chi connectivity index (χ1n) is 16.1. The topological polar surface area (TPSA) is 37.6 Å². The molecule has 3 nitrogen and oxygen atoms in total. The van der Waals surface area contributed by atoms with Gasteiger partial charge >= 0.3 is 16.8 Å². The van der Waals surface area contributed by atoms with Gasteiger partial charge in [0.25, 0.3) is 0 Å². The summed E-state index contributed by atoms with van der Waals surface area (Å²) in [5, 5.41) is 0. The van der Waals surface area contributed by atoms with Crippen molar-refractivity contribution in [2.24, 2.45) is 9.98 Å². The number of halogens is 2. The van der Waals surface area contributed by atoms with Crippen molar-refractivity contribution in [2.75, 3.05) is 0 Å². The monoisotopic (exact) mass is 694 g/mol. The predicted molar refractivity (Wildman–Crippen MR) is 185 cm³/mol. The smallest absolute Gasteiger partial charge is 1.00 e. The second kappa shape index (κ2) is 18.4. The molecule has 0 unspecified atom stereocenters. The summed E-state index contributed by atoms with van der Waals surface area (Å²) in [6.07, 6.45) is 0. The summed E-state index contributed by atoms with van der Waals surface area (Å²) in [6.45, 7) is 31.4. The van der Waals surface area contributed by atoms with Gasteiger partial charge in [-0.05, 0) is 94.9 Å². The van der Waals surface area contributed by atoms with Crippen molar-refractivity contribution in [2.45, 2.75) is 132 Å². The number of rotatable bonds is 10. The average Bonchev–Trinajstić information content (AvgIpc) is 2.92. The van der Waals surface area contributed by atoms with Gasteiger partial charge in [-0.15, -0.1) is 0 Å². The van der Waals surface area contributed by atoms with Gasteiger partial charge < -0.3 is 24.8 Å². The largest absolute Gasteiger partial charge is 2.00 e. The summed E-state index contributed by atoms with van der Waals surface area (Å²) < 4.78 is 0. The zero-order valence-corrected chi connectivity index (χ0v) is 32.5. The van der Waals surface area contributed by atoms with E-state index < -0.39 is 0 Å². The molecular formula is C39H55Cl2CoN3. The fourth-order valence-corrected chi connectivity index (χ4v) is 5.38. The summed E-state index contributed by atoms with van der Waals surface area (Å²) in [7, 11) is 0. The SMILES string of the molecule is CC(=Nc1c(C(C)C)cc(C(C)C)cc1C(C)C)c1cccc(C(C)=Nc2c(C(C)C)cc(C(C)C)cc2C(C)C)n1.[Cl-].[Cl-].[Co+2]. The van der Waals surface area contributed by atoms with Crippen LogP contribution >= 0.6 is 0 Å². The molecular weight excluding hydrogens is 640 g/mol. The molecule has 1 aromatic heterocycles. The van der Waals surface area contributed by atoms with E-state index in [2.05, 4.69) is 139 Å². The van der Waals surface area contributed by atoms with Crippen molar-refractivity contribution < 1.29 is 41.6 Å². The standard InChI is InChI=1S/C39H55N3.2ClH.Co/c1-22(2)30-18-32(24(5)6)38(33(19-30)25(7)8)40-28(13)36-16-15-17-37(42-36)29(14)41-39-34(26(9)10)20-31(23(3)4)21-35(39)27(11)12;;;/h15-27H,1-14H3;2*1H;/q;;;+2/p-2. The predicted octanol–water partition coefficient (Wildman–Crippen LogP) is 6.11. The average molecular weight is 696 g/mol. The van der Waals surface area contributed by atoms with Gasteiger partial charge in [0.15, 0.2) is 0 Å². The fourth-order valence-electron chi connectivity index (χ4n) is 5.38. The minimum Gasteiger partial charge on any atom is -1.00 e. The first-order valence-corrected chi connectivity index (χ1v) is 16.1. The molecule has 0 aliphatic rings. The van der Waals surface area contributed by atoms with Crippen molar-refractivity contribution in [1.82, 2.24) is 4.98 Å². The van der Waals surface area contributed by atoms with E-state index in [9.17, 15) is 0 Å². The molecule has 0 atom stereocenters. The molecule has 0 N–H and O–H groups in total. The Hall–Kier alpha value is -1.98. The van der Waals surface area contributed by atoms with Crippen LogP contribution in [0.3, 0.4) is 0 Å². The number of aliphatic imine (C=N–C) groups is 2. The van der Waals surface area contributed by atoms with Gasteiger partial charge in [-0.2, -0.15) is 0 Å². The van der Waals surface area contributed by atoms with Crippen LogP contribution in [0, 0.1) is 0 Å². The minimum absolute atomic E-state index is 0. The van der Waals surface area contributed by atoms with E-state index in [4.69, 9.17) is 15.0 Å². The Labute approximate surface area is 297 Å². The van der Waals surface area contributed by atoms with Gasteiger partial charge in [-0.3, -0.25) is 9.98 Å². The third kappa shape index (κ3) is 10.5. The number of nitrogens with zero attached hydrogens (tertiary/aromatic N) is 3. The van der Waals surface area contributed by atoms with Crippen LogP contribution in [0.5, 0.6) is 0 Å². The molecule has 3 rings (SSSR count). The van der Waals surface area contributed by atoms with Crippen LogP contribution in [0.25, 0.3) is 0 Å². The molecule has 3 aromatic rings. The Balaban J connectivity index is 0.00000645. The van der Waals surface area contributed by atoms with Crippen molar-refractivity contribution in [3.05, 3.63) is 87.2 Å². The van der Waals surface area contributed by atoms with Gasteiger partial charge in [-0.25, -0.2) is 4.98 Å². The maximum absolute atomic E-state index is 5.27. The van der Waals surface area contributed by atoms with E-state index in [1.54, 1.807) is 0 Å². The van der Waals surface area contributed by atoms with Crippen LogP contribution in [0.15, 0.2) is 52.4 Å². The van der Waals surface area contributed by atoms with E-state index in [0.29, 0.717) is 35.5 Å². The van der Waals surface area contributed by atoms with Crippen LogP contribution in [0.4, 0.5) is 11.4 Å². The van der Waals surface area contributed by atoms with Gasteiger partial charge in [0, 0.05) is 0 Å². The molecule has 0 aliphatic heterocycles. The number of pyridine rings is 1. The van der Waals surface area contributed by atoms with Crippen molar-refractivity contribution >= 4 is 22.8 Å². The molecule has 1 heterocycles. The van der Waals surface area contributed by atoms with Gasteiger partial charge in [0.2, 0.25) is 0 Å². The molecule has 0 spiro atoms. The summed E-state index contributed by atoms with van der Waals surface area (Å²) in [6, 6.07) is 15.7. The maximum atomic E-state index is 5.27. The summed E-state index contributed by atoms with van der Waals surface area (Å²) in [4.78, 5) is 15.6. The number of hydrogen-bond acceptors (Lipinski definition) is 3. The summed E-state index contributed by atoms with van der Waals surface area (Å²) in [5.74, 6) is 2.49. The third-order valence-corrected chi connectivity index (χ3v) is 8.25. The summed E-state index contributed by atoms with van der Waals surface area (Å²) >= 11 is 0. The Morgan fingerprint density at radius 1 is 0.489 bits per heavy atom. The normalized spacial score (nSPS) is 12.3. The number of aromatic nitrogens is 1. The van der Waals surface area contributed by atoms with Gasteiger partial charge in [0.05, 0.1) is 34.2 Å². The molecule has 0 amide bonds. The van der Waals surface area contributed by atoms with E-state index in [1.807, 2.05) is 0 Å². The molecule has 2 aromatic carbocycles. The Morgan fingerprint density at radius 3 is 0.978 bits per heavy atom. The van der Waals surface area contributed by atoms with Crippen molar-refractivity contribution in [3.8, 4) is 0 Å². The number of benzene rings is 2. The minimum atomic E-state index is 0. The second-order valence-corrected chi connectivity index (χ2v) is 13.8. The van der Waals surface area contributed by atoms with Crippen LogP contribution in [0.2, 0.25) is 0 Å². The van der Waals surface area contributed by atoms with Crippen LogP contribution < -0.4 is 24.8 Å². The Bertz CT molecular complexity index is 1300. The number of hydrogen-bond donors (Lipinski definition) is 0. The molecule has 0 fully saturated rings. The van der Waals surface area contributed by atoms with Crippen LogP contribution in [-0.2, 0) is 16.8 Å². The molecule has 0 saturated carbocycles.